The molecule has 3 N–H and O–H groups in total. The van der Waals surface area contributed by atoms with Gasteiger partial charge in [-0.2, -0.15) is 0 Å². The van der Waals surface area contributed by atoms with Gasteiger partial charge >= 0.3 is 5.97 Å². The number of hydrogen-bond donors (Lipinski definition) is 3. The van der Waals surface area contributed by atoms with Crippen molar-refractivity contribution in [2.75, 3.05) is 13.2 Å². The molecule has 0 radical (unpaired) electrons. The molecule has 362 valence electrons. The van der Waals surface area contributed by atoms with Crippen molar-refractivity contribution in [1.82, 2.24) is 5.32 Å². The molecule has 0 bridgehead atoms. The molecule has 0 aliphatic rings. The van der Waals surface area contributed by atoms with E-state index in [4.69, 9.17) is 4.74 Å². The van der Waals surface area contributed by atoms with Gasteiger partial charge in [0.1, 0.15) is 0 Å². The summed E-state index contributed by atoms with van der Waals surface area (Å²) in [6.45, 7) is 4.93. The molecule has 0 saturated heterocycles. The Morgan fingerprint density at radius 2 is 0.770 bits per heavy atom. The number of aliphatic hydroxyl groups is 2. The lowest BCUT2D eigenvalue weighted by molar-refractivity contribution is -0.143. The molecular weight excluding hydrogens is 755 g/mol. The van der Waals surface area contributed by atoms with Crippen molar-refractivity contribution < 1.29 is 24.5 Å². The highest BCUT2D eigenvalue weighted by Crippen LogP contribution is 2.17. The van der Waals surface area contributed by atoms with Crippen LogP contribution in [0.5, 0.6) is 0 Å². The average Bonchev–Trinajstić information content (AvgIpc) is 3.26. The molecule has 2 atom stereocenters. The van der Waals surface area contributed by atoms with Crippen molar-refractivity contribution in [2.24, 2.45) is 0 Å². The van der Waals surface area contributed by atoms with Crippen LogP contribution in [0.1, 0.15) is 303 Å². The fraction of sp³-hybridized carbons (Fsp3) is 0.927. The summed E-state index contributed by atoms with van der Waals surface area (Å²) in [6, 6.07) is -0.548. The molecule has 0 spiro atoms. The Balaban J connectivity index is 3.41. The zero-order chi connectivity index (χ0) is 44.4. The number of amides is 1. The third-order valence-electron chi connectivity index (χ3n) is 12.8. The Labute approximate surface area is 380 Å². The minimum atomic E-state index is -0.669. The first-order chi connectivity index (χ1) is 30.0. The number of ether oxygens (including phenoxy) is 1. The minimum Gasteiger partial charge on any atom is -0.466 e. The number of unbranched alkanes of at least 4 members (excludes halogenated alkanes) is 38. The van der Waals surface area contributed by atoms with Crippen LogP contribution in [0.15, 0.2) is 12.2 Å². The van der Waals surface area contributed by atoms with Crippen LogP contribution in [0.4, 0.5) is 0 Å². The van der Waals surface area contributed by atoms with Crippen LogP contribution in [0, 0.1) is 0 Å². The van der Waals surface area contributed by atoms with Gasteiger partial charge in [0, 0.05) is 12.8 Å². The van der Waals surface area contributed by atoms with Crippen LogP contribution in [-0.4, -0.2) is 47.4 Å². The molecule has 6 heteroatoms. The first-order valence-electron chi connectivity index (χ1n) is 27.4. The van der Waals surface area contributed by atoms with Crippen LogP contribution >= 0.6 is 0 Å². The van der Waals surface area contributed by atoms with Gasteiger partial charge in [0.05, 0.1) is 25.4 Å². The smallest absolute Gasteiger partial charge is 0.305 e. The third kappa shape index (κ3) is 47.9. The highest BCUT2D eigenvalue weighted by atomic mass is 16.5. The van der Waals surface area contributed by atoms with Crippen molar-refractivity contribution in [3.05, 3.63) is 12.2 Å². The zero-order valence-electron chi connectivity index (χ0n) is 41.2. The maximum absolute atomic E-state index is 12.4. The molecule has 0 aliphatic carbocycles. The second-order valence-electron chi connectivity index (χ2n) is 18.9. The van der Waals surface area contributed by atoms with E-state index in [-0.39, 0.29) is 18.5 Å². The van der Waals surface area contributed by atoms with Crippen LogP contribution in [-0.2, 0) is 14.3 Å². The van der Waals surface area contributed by atoms with Crippen molar-refractivity contribution in [3.8, 4) is 0 Å². The predicted octanol–water partition coefficient (Wildman–Crippen LogP) is 16.5. The summed E-state index contributed by atoms with van der Waals surface area (Å²) >= 11 is 0. The normalized spacial score (nSPS) is 12.7. The molecule has 61 heavy (non-hydrogen) atoms. The van der Waals surface area contributed by atoms with E-state index >= 15 is 0 Å². The first kappa shape index (κ1) is 59.6. The SMILES string of the molecule is CCCCCCCCC/C=C\CCCCCCCCCC(=O)OCCCCCCCCCCCCCCCCC(=O)NC(CO)C(O)CCCCCCCCCCCCCC. The Hall–Kier alpha value is -1.40. The Morgan fingerprint density at radius 3 is 1.16 bits per heavy atom. The van der Waals surface area contributed by atoms with Gasteiger partial charge < -0.3 is 20.3 Å². The molecule has 6 nitrogen and oxygen atoms in total. The largest absolute Gasteiger partial charge is 0.466 e. The molecule has 0 aliphatic heterocycles. The van der Waals surface area contributed by atoms with E-state index in [0.29, 0.717) is 25.9 Å². The first-order valence-corrected chi connectivity index (χ1v) is 27.4. The molecule has 0 heterocycles. The fourth-order valence-corrected chi connectivity index (χ4v) is 8.58. The van der Waals surface area contributed by atoms with Crippen LogP contribution in [0.3, 0.4) is 0 Å². The quantitative estimate of drug-likeness (QED) is 0.0322. The summed E-state index contributed by atoms with van der Waals surface area (Å²) in [5, 5.41) is 23.2. The standard InChI is InChI=1S/C55H107NO5/c1-3-5-7-9-11-13-15-17-18-19-20-21-25-29-33-37-41-45-49-55(60)61-50-46-42-38-34-30-26-23-22-24-28-32-36-40-44-48-54(59)56-52(51-57)53(58)47-43-39-35-31-27-16-14-12-10-8-6-4-2/h18-19,52-53,57-58H,3-17,20-51H2,1-2H3,(H,56,59)/b19-18-. The maximum atomic E-state index is 12.4. The predicted molar refractivity (Wildman–Crippen MR) is 264 cm³/mol. The van der Waals surface area contributed by atoms with E-state index in [2.05, 4.69) is 31.3 Å². The summed E-state index contributed by atoms with van der Waals surface area (Å²) in [5.41, 5.74) is 0. The van der Waals surface area contributed by atoms with Crippen LogP contribution < -0.4 is 5.32 Å². The van der Waals surface area contributed by atoms with Crippen molar-refractivity contribution in [2.45, 2.75) is 315 Å². The topological polar surface area (TPSA) is 95.9 Å². The molecule has 0 fully saturated rings. The molecule has 0 aromatic heterocycles. The third-order valence-corrected chi connectivity index (χ3v) is 12.8. The van der Waals surface area contributed by atoms with Gasteiger partial charge in [-0.15, -0.1) is 0 Å². The molecule has 0 aromatic rings. The number of esters is 1. The summed E-state index contributed by atoms with van der Waals surface area (Å²) in [5.74, 6) is -0.0500. The molecule has 2 unspecified atom stereocenters. The molecular formula is C55H107NO5. The van der Waals surface area contributed by atoms with E-state index in [1.165, 1.54) is 218 Å². The molecule has 0 aromatic carbocycles. The lowest BCUT2D eigenvalue weighted by atomic mass is 10.0. The average molecular weight is 862 g/mol. The lowest BCUT2D eigenvalue weighted by Crippen LogP contribution is -2.45. The summed E-state index contributed by atoms with van der Waals surface area (Å²) in [7, 11) is 0. The van der Waals surface area contributed by atoms with Crippen LogP contribution in [0.2, 0.25) is 0 Å². The highest BCUT2D eigenvalue weighted by Gasteiger charge is 2.20. The number of allylic oxidation sites excluding steroid dienone is 2. The second-order valence-corrected chi connectivity index (χ2v) is 18.9. The Morgan fingerprint density at radius 1 is 0.443 bits per heavy atom. The van der Waals surface area contributed by atoms with E-state index in [1.54, 1.807) is 0 Å². The van der Waals surface area contributed by atoms with Gasteiger partial charge in [-0.1, -0.05) is 251 Å². The van der Waals surface area contributed by atoms with Crippen LogP contribution in [0.25, 0.3) is 0 Å². The number of nitrogens with one attached hydrogen (secondary N) is 1. The summed E-state index contributed by atoms with van der Waals surface area (Å²) in [4.78, 5) is 24.5. The number of carbonyl (C=O) groups excluding carboxylic acids is 2. The zero-order valence-corrected chi connectivity index (χ0v) is 41.2. The maximum Gasteiger partial charge on any atom is 0.305 e. The van der Waals surface area contributed by atoms with Gasteiger partial charge in [-0.05, 0) is 51.4 Å². The number of aliphatic hydroxyl groups excluding tert-OH is 2. The van der Waals surface area contributed by atoms with E-state index in [1.807, 2.05) is 0 Å². The van der Waals surface area contributed by atoms with E-state index in [9.17, 15) is 19.8 Å². The van der Waals surface area contributed by atoms with Crippen molar-refractivity contribution in [1.29, 1.82) is 0 Å². The Kier molecular flexibility index (Phi) is 50.1. The minimum absolute atomic E-state index is 0.00474. The van der Waals surface area contributed by atoms with Crippen molar-refractivity contribution in [3.63, 3.8) is 0 Å². The molecule has 1 amide bonds. The van der Waals surface area contributed by atoms with Gasteiger partial charge in [-0.25, -0.2) is 0 Å². The fourth-order valence-electron chi connectivity index (χ4n) is 8.58. The Bertz CT molecular complexity index is 909. The monoisotopic (exact) mass is 862 g/mol. The highest BCUT2D eigenvalue weighted by molar-refractivity contribution is 5.76. The molecule has 0 saturated carbocycles. The van der Waals surface area contributed by atoms with Gasteiger partial charge in [0.2, 0.25) is 5.91 Å². The van der Waals surface area contributed by atoms with Gasteiger partial charge in [0.25, 0.3) is 0 Å². The number of hydrogen-bond acceptors (Lipinski definition) is 5. The van der Waals surface area contributed by atoms with E-state index < -0.39 is 12.1 Å². The van der Waals surface area contributed by atoms with Gasteiger partial charge in [0.15, 0.2) is 0 Å². The summed E-state index contributed by atoms with van der Waals surface area (Å²) in [6.07, 6.45) is 59.0. The number of carbonyl (C=O) groups is 2. The van der Waals surface area contributed by atoms with Crippen molar-refractivity contribution >= 4 is 11.9 Å². The van der Waals surface area contributed by atoms with Gasteiger partial charge in [-0.3, -0.25) is 9.59 Å². The van der Waals surface area contributed by atoms with E-state index in [0.717, 1.165) is 51.4 Å². The number of rotatable bonds is 51. The summed E-state index contributed by atoms with van der Waals surface area (Å²) < 4.78 is 5.48. The lowest BCUT2D eigenvalue weighted by Gasteiger charge is -2.22. The second kappa shape index (κ2) is 51.2. The molecule has 0 rings (SSSR count).